The molecule has 24 heavy (non-hydrogen) atoms. The number of fused-ring (bicyclic) bond motifs is 2. The topological polar surface area (TPSA) is 0 Å². The maximum absolute atomic E-state index is 2.45. The predicted octanol–water partition coefficient (Wildman–Crippen LogP) is 2.38. The van der Waals surface area contributed by atoms with Crippen molar-refractivity contribution in [2.75, 3.05) is 27.2 Å². The first-order valence-electron chi connectivity index (χ1n) is 8.40. The van der Waals surface area contributed by atoms with Gasteiger partial charge in [-0.25, -0.2) is 0 Å². The van der Waals surface area contributed by atoms with Crippen molar-refractivity contribution in [3.05, 3.63) is 65.2 Å². The molecule has 0 bridgehead atoms. The summed E-state index contributed by atoms with van der Waals surface area (Å²) in [4.78, 5) is 2.75. The normalized spacial score (nSPS) is 14.8. The van der Waals surface area contributed by atoms with Crippen molar-refractivity contribution >= 4 is 17.3 Å². The van der Waals surface area contributed by atoms with E-state index in [1.165, 1.54) is 45.1 Å². The fraction of sp³-hybridized carbons (Fsp3) is 0.333. The quantitative estimate of drug-likeness (QED) is 0.434. The fourth-order valence-electron chi connectivity index (χ4n) is 2.92. The molecule has 0 saturated carbocycles. The van der Waals surface area contributed by atoms with Gasteiger partial charge < -0.3 is 28.5 Å². The Kier molecular flexibility index (Phi) is 6.57. The van der Waals surface area contributed by atoms with Crippen LogP contribution in [-0.2, 0) is 0 Å². The Morgan fingerprint density at radius 1 is 1.00 bits per heavy atom. The van der Waals surface area contributed by atoms with E-state index in [4.69, 9.17) is 0 Å². The lowest BCUT2D eigenvalue weighted by Gasteiger charge is -2.28. The van der Waals surface area contributed by atoms with Crippen LogP contribution in [0, 0.1) is 6.92 Å². The highest BCUT2D eigenvalue weighted by Gasteiger charge is 2.20. The van der Waals surface area contributed by atoms with Crippen molar-refractivity contribution in [1.82, 2.24) is 0 Å². The average molecular weight is 451 g/mol. The Balaban J connectivity index is 0.00000208. The molecule has 0 spiro atoms. The standard InChI is InChI=1S/C21H26NS.HI/c1-5-22(3,4)14-8-10-17-18-9-6-7-11-20(18)23-21-13-12-16(2)15-19(17)21;/h6-7,9-13,15H,5,8,14H2,1-4H3;1H/q+1;/p-1/b17-10+;. The van der Waals surface area contributed by atoms with Gasteiger partial charge in [0.05, 0.1) is 27.2 Å². The molecule has 1 heterocycles. The summed E-state index contributed by atoms with van der Waals surface area (Å²) in [5, 5.41) is 0. The number of halogens is 1. The number of aryl methyl sites for hydroxylation is 1. The first-order valence-corrected chi connectivity index (χ1v) is 9.22. The van der Waals surface area contributed by atoms with Crippen LogP contribution in [0.25, 0.3) is 5.57 Å². The van der Waals surface area contributed by atoms with Crippen LogP contribution in [0.3, 0.4) is 0 Å². The molecule has 0 N–H and O–H groups in total. The van der Waals surface area contributed by atoms with Gasteiger partial charge in [0.2, 0.25) is 0 Å². The second-order valence-corrected chi connectivity index (χ2v) is 8.06. The molecule has 3 rings (SSSR count). The fourth-order valence-corrected chi connectivity index (χ4v) is 4.01. The SMILES string of the molecule is CC[N+](C)(C)CC/C=C1\c2ccccc2Sc2ccc(C)cc21.[I-]. The lowest BCUT2D eigenvalue weighted by atomic mass is 9.95. The van der Waals surface area contributed by atoms with Crippen LogP contribution in [-0.4, -0.2) is 31.7 Å². The highest BCUT2D eigenvalue weighted by atomic mass is 127. The maximum Gasteiger partial charge on any atom is 0.0817 e. The summed E-state index contributed by atoms with van der Waals surface area (Å²) >= 11 is 1.89. The van der Waals surface area contributed by atoms with Gasteiger partial charge in [-0.05, 0) is 42.7 Å². The molecular formula is C21H26INS. The summed E-state index contributed by atoms with van der Waals surface area (Å²) in [5.74, 6) is 0. The molecule has 3 heteroatoms. The summed E-state index contributed by atoms with van der Waals surface area (Å²) in [6.45, 7) is 6.79. The maximum atomic E-state index is 2.45. The van der Waals surface area contributed by atoms with Gasteiger partial charge in [-0.1, -0.05) is 53.7 Å². The van der Waals surface area contributed by atoms with Crippen LogP contribution in [0.2, 0.25) is 0 Å². The molecule has 2 aromatic rings. The lowest BCUT2D eigenvalue weighted by Crippen LogP contribution is -3.00. The van der Waals surface area contributed by atoms with E-state index in [0.717, 1.165) is 10.9 Å². The minimum absolute atomic E-state index is 0. The third kappa shape index (κ3) is 4.24. The summed E-state index contributed by atoms with van der Waals surface area (Å²) in [6, 6.07) is 15.6. The van der Waals surface area contributed by atoms with Crippen LogP contribution in [0.5, 0.6) is 0 Å². The van der Waals surface area contributed by atoms with E-state index in [-0.39, 0.29) is 24.0 Å². The molecule has 0 aromatic heterocycles. The van der Waals surface area contributed by atoms with Crippen LogP contribution in [0.4, 0.5) is 0 Å². The van der Waals surface area contributed by atoms with Gasteiger partial charge in [0.15, 0.2) is 0 Å². The summed E-state index contributed by atoms with van der Waals surface area (Å²) in [7, 11) is 4.61. The van der Waals surface area contributed by atoms with Gasteiger partial charge in [-0.3, -0.25) is 0 Å². The summed E-state index contributed by atoms with van der Waals surface area (Å²) in [5.41, 5.74) is 5.53. The van der Waals surface area contributed by atoms with Crippen molar-refractivity contribution in [2.45, 2.75) is 30.1 Å². The predicted molar refractivity (Wildman–Crippen MR) is 101 cm³/mol. The minimum atomic E-state index is 0. The first-order chi connectivity index (χ1) is 11.0. The average Bonchev–Trinajstić information content (AvgIpc) is 2.54. The molecule has 1 aliphatic heterocycles. The van der Waals surface area contributed by atoms with Crippen molar-refractivity contribution < 1.29 is 28.5 Å². The van der Waals surface area contributed by atoms with Gasteiger partial charge >= 0.3 is 0 Å². The molecule has 0 aliphatic carbocycles. The molecular weight excluding hydrogens is 425 g/mol. The van der Waals surface area contributed by atoms with E-state index in [0.29, 0.717) is 0 Å². The number of hydrogen-bond acceptors (Lipinski definition) is 1. The zero-order valence-electron chi connectivity index (χ0n) is 15.0. The number of benzene rings is 2. The molecule has 1 aliphatic rings. The molecule has 2 aromatic carbocycles. The third-order valence-electron chi connectivity index (χ3n) is 4.76. The van der Waals surface area contributed by atoms with E-state index >= 15 is 0 Å². The van der Waals surface area contributed by atoms with Gasteiger partial charge in [-0.15, -0.1) is 0 Å². The van der Waals surface area contributed by atoms with E-state index < -0.39 is 0 Å². The number of quaternary nitrogens is 1. The largest absolute Gasteiger partial charge is 1.00 e. The van der Waals surface area contributed by atoms with Crippen molar-refractivity contribution in [3.8, 4) is 0 Å². The van der Waals surface area contributed by atoms with Crippen LogP contribution < -0.4 is 24.0 Å². The molecule has 0 fully saturated rings. The zero-order chi connectivity index (χ0) is 16.4. The molecule has 0 amide bonds. The van der Waals surface area contributed by atoms with E-state index in [9.17, 15) is 0 Å². The number of rotatable bonds is 4. The summed E-state index contributed by atoms with van der Waals surface area (Å²) in [6.07, 6.45) is 3.56. The van der Waals surface area contributed by atoms with E-state index in [1.54, 1.807) is 0 Å². The summed E-state index contributed by atoms with van der Waals surface area (Å²) < 4.78 is 1.07. The second kappa shape index (κ2) is 8.07. The Labute approximate surface area is 167 Å². The highest BCUT2D eigenvalue weighted by Crippen LogP contribution is 2.45. The van der Waals surface area contributed by atoms with Crippen LogP contribution >= 0.6 is 11.8 Å². The first kappa shape index (κ1) is 19.5. The molecule has 0 saturated heterocycles. The van der Waals surface area contributed by atoms with E-state index in [1.807, 2.05) is 11.8 Å². The lowest BCUT2D eigenvalue weighted by molar-refractivity contribution is -0.888. The molecule has 1 nitrogen and oxygen atoms in total. The van der Waals surface area contributed by atoms with Crippen molar-refractivity contribution in [1.29, 1.82) is 0 Å². The molecule has 0 unspecified atom stereocenters. The van der Waals surface area contributed by atoms with Gasteiger partial charge in [0.1, 0.15) is 0 Å². The highest BCUT2D eigenvalue weighted by molar-refractivity contribution is 7.99. The monoisotopic (exact) mass is 451 g/mol. The van der Waals surface area contributed by atoms with Crippen LogP contribution in [0.15, 0.2) is 58.3 Å². The molecule has 0 atom stereocenters. The van der Waals surface area contributed by atoms with Crippen LogP contribution in [0.1, 0.15) is 30.0 Å². The van der Waals surface area contributed by atoms with Crippen molar-refractivity contribution in [2.24, 2.45) is 0 Å². The minimum Gasteiger partial charge on any atom is -1.00 e. The molecule has 0 radical (unpaired) electrons. The Morgan fingerprint density at radius 2 is 1.71 bits per heavy atom. The third-order valence-corrected chi connectivity index (χ3v) is 5.91. The van der Waals surface area contributed by atoms with E-state index in [2.05, 4.69) is 76.5 Å². The second-order valence-electron chi connectivity index (χ2n) is 6.98. The van der Waals surface area contributed by atoms with Gasteiger partial charge in [0, 0.05) is 16.2 Å². The zero-order valence-corrected chi connectivity index (χ0v) is 17.9. The van der Waals surface area contributed by atoms with Gasteiger partial charge in [-0.2, -0.15) is 0 Å². The Hall–Kier alpha value is -0.780. The molecule has 128 valence electrons. The smallest absolute Gasteiger partial charge is 0.0817 e. The van der Waals surface area contributed by atoms with Crippen molar-refractivity contribution in [3.63, 3.8) is 0 Å². The Morgan fingerprint density at radius 3 is 2.46 bits per heavy atom. The Bertz CT molecular complexity index is 749. The number of nitrogens with zero attached hydrogens (tertiary/aromatic N) is 1. The van der Waals surface area contributed by atoms with Gasteiger partial charge in [0.25, 0.3) is 0 Å². The number of hydrogen-bond donors (Lipinski definition) is 0.